The van der Waals surface area contributed by atoms with Gasteiger partial charge in [0.2, 0.25) is 0 Å². The van der Waals surface area contributed by atoms with Crippen LogP contribution in [-0.4, -0.2) is 20.6 Å². The molecule has 1 aliphatic rings. The zero-order chi connectivity index (χ0) is 21.6. The highest BCUT2D eigenvalue weighted by molar-refractivity contribution is 7.98. The van der Waals surface area contributed by atoms with Gasteiger partial charge in [-0.05, 0) is 16.7 Å². The van der Waals surface area contributed by atoms with Gasteiger partial charge >= 0.3 is 0 Å². The van der Waals surface area contributed by atoms with E-state index in [1.165, 1.54) is 16.7 Å². The van der Waals surface area contributed by atoms with Gasteiger partial charge in [-0.15, -0.1) is 22.4 Å². The van der Waals surface area contributed by atoms with E-state index in [2.05, 4.69) is 93.6 Å². The van der Waals surface area contributed by atoms with Crippen LogP contribution in [0.5, 0.6) is 0 Å². The lowest BCUT2D eigenvalue weighted by atomic mass is 10.2. The molecule has 6 nitrogen and oxygen atoms in total. The maximum Gasteiger partial charge on any atom is 0.177 e. The van der Waals surface area contributed by atoms with Gasteiger partial charge in [-0.2, -0.15) is 5.10 Å². The fourth-order valence-electron chi connectivity index (χ4n) is 3.61. The van der Waals surface area contributed by atoms with Crippen LogP contribution < -0.4 is 11.1 Å². The second kappa shape index (κ2) is 9.72. The molecule has 0 unspecified atom stereocenters. The third-order valence-corrected chi connectivity index (χ3v) is 6.39. The van der Waals surface area contributed by atoms with Crippen LogP contribution in [0.25, 0.3) is 0 Å². The number of hydrogen-bond donors (Lipinski definition) is 2. The van der Waals surface area contributed by atoms with E-state index >= 15 is 0 Å². The van der Waals surface area contributed by atoms with Gasteiger partial charge in [-0.25, -0.2) is 5.53 Å². The Morgan fingerprint density at radius 3 is 1.97 bits per heavy atom. The lowest BCUT2D eigenvalue weighted by Crippen LogP contribution is -2.40. The van der Waals surface area contributed by atoms with Crippen molar-refractivity contribution in [3.05, 3.63) is 119 Å². The number of benzene rings is 3. The van der Waals surface area contributed by atoms with E-state index in [-0.39, 0.29) is 0 Å². The minimum atomic E-state index is 0.694. The lowest BCUT2D eigenvalue weighted by Gasteiger charge is -2.19. The van der Waals surface area contributed by atoms with Crippen LogP contribution in [0.3, 0.4) is 0 Å². The van der Waals surface area contributed by atoms with Gasteiger partial charge in [-0.1, -0.05) is 91.0 Å². The molecule has 7 heteroatoms. The van der Waals surface area contributed by atoms with Crippen molar-refractivity contribution in [1.82, 2.24) is 25.9 Å². The largest absolute Gasteiger partial charge is 0.266 e. The Labute approximate surface area is 191 Å². The van der Waals surface area contributed by atoms with Gasteiger partial charge in [0.15, 0.2) is 5.84 Å². The summed E-state index contributed by atoms with van der Waals surface area (Å²) >= 11 is 1.79. The number of amidine groups is 1. The Balaban J connectivity index is 1.44. The van der Waals surface area contributed by atoms with E-state index in [9.17, 15) is 0 Å². The molecule has 0 saturated carbocycles. The molecule has 1 aliphatic heterocycles. The first kappa shape index (κ1) is 20.4. The average Bonchev–Trinajstić information content (AvgIpc) is 3.46. The third kappa shape index (κ3) is 4.69. The Morgan fingerprint density at radius 2 is 1.31 bits per heavy atom. The fraction of sp³-hybridized carbons (Fsp3) is 0.120. The molecule has 0 spiro atoms. The molecule has 160 valence electrons. The highest BCUT2D eigenvalue weighted by atomic mass is 32.2. The molecular weight excluding hydrogens is 416 g/mol. The van der Waals surface area contributed by atoms with Gasteiger partial charge in [0.25, 0.3) is 0 Å². The maximum atomic E-state index is 4.74. The molecule has 1 aromatic heterocycles. The predicted octanol–water partition coefficient (Wildman–Crippen LogP) is 4.41. The number of hydrazone groups is 1. The minimum Gasteiger partial charge on any atom is -0.266 e. The molecule has 2 heterocycles. The summed E-state index contributed by atoms with van der Waals surface area (Å²) in [6, 6.07) is 31.3. The Hall–Kier alpha value is -3.55. The Bertz CT molecular complexity index is 1180. The molecule has 3 aromatic carbocycles. The lowest BCUT2D eigenvalue weighted by molar-refractivity contribution is 0.288. The van der Waals surface area contributed by atoms with Crippen LogP contribution in [0, 0.1) is 0 Å². The molecule has 0 bridgehead atoms. The molecule has 4 aromatic rings. The van der Waals surface area contributed by atoms with Crippen molar-refractivity contribution < 1.29 is 0 Å². The molecule has 0 radical (unpaired) electrons. The molecule has 0 saturated heterocycles. The van der Waals surface area contributed by atoms with E-state index < -0.39 is 0 Å². The molecule has 0 amide bonds. The number of hydrazine groups is 2. The summed E-state index contributed by atoms with van der Waals surface area (Å²) in [5, 5.41) is 12.4. The van der Waals surface area contributed by atoms with E-state index in [0.717, 1.165) is 22.2 Å². The van der Waals surface area contributed by atoms with Crippen LogP contribution in [0.15, 0.2) is 107 Å². The van der Waals surface area contributed by atoms with E-state index in [1.807, 2.05) is 29.4 Å². The SMILES string of the molecule is c1ccc(CSc2c(C3=NNNN3Cc3ccccc3)cnn2Cc2ccccc2)cc1. The summed E-state index contributed by atoms with van der Waals surface area (Å²) in [6.07, 6.45) is 1.92. The van der Waals surface area contributed by atoms with Crippen molar-refractivity contribution >= 4 is 17.6 Å². The Kier molecular flexibility index (Phi) is 6.18. The van der Waals surface area contributed by atoms with Crippen molar-refractivity contribution in [2.24, 2.45) is 5.10 Å². The van der Waals surface area contributed by atoms with Crippen LogP contribution in [0.1, 0.15) is 22.3 Å². The van der Waals surface area contributed by atoms with Crippen molar-refractivity contribution in [3.63, 3.8) is 0 Å². The van der Waals surface area contributed by atoms with Crippen molar-refractivity contribution in [2.45, 2.75) is 23.9 Å². The van der Waals surface area contributed by atoms with Gasteiger partial charge in [0.1, 0.15) is 5.03 Å². The summed E-state index contributed by atoms with van der Waals surface area (Å²) in [5.41, 5.74) is 10.8. The highest BCUT2D eigenvalue weighted by Gasteiger charge is 2.25. The third-order valence-electron chi connectivity index (χ3n) is 5.21. The van der Waals surface area contributed by atoms with Crippen molar-refractivity contribution in [3.8, 4) is 0 Å². The topological polar surface area (TPSA) is 57.5 Å². The molecule has 32 heavy (non-hydrogen) atoms. The van der Waals surface area contributed by atoms with E-state index in [1.54, 1.807) is 11.8 Å². The number of rotatable bonds is 8. The summed E-state index contributed by atoms with van der Waals surface area (Å²) in [5.74, 6) is 1.70. The highest BCUT2D eigenvalue weighted by Crippen LogP contribution is 2.29. The first-order chi connectivity index (χ1) is 15.9. The number of thioether (sulfide) groups is 1. The van der Waals surface area contributed by atoms with Crippen LogP contribution >= 0.6 is 11.8 Å². The first-order valence-electron chi connectivity index (χ1n) is 10.5. The van der Waals surface area contributed by atoms with Gasteiger partial charge in [0, 0.05) is 5.75 Å². The summed E-state index contributed by atoms with van der Waals surface area (Å²) in [4.78, 5) is 0. The van der Waals surface area contributed by atoms with Crippen LogP contribution in [0.4, 0.5) is 0 Å². The molecule has 0 fully saturated rings. The molecule has 2 N–H and O–H groups in total. The van der Waals surface area contributed by atoms with Crippen LogP contribution in [0.2, 0.25) is 0 Å². The molecule has 0 atom stereocenters. The van der Waals surface area contributed by atoms with Crippen molar-refractivity contribution in [1.29, 1.82) is 0 Å². The van der Waals surface area contributed by atoms with Gasteiger partial charge in [-0.3, -0.25) is 9.69 Å². The minimum absolute atomic E-state index is 0.694. The second-order valence-corrected chi connectivity index (χ2v) is 8.48. The second-order valence-electron chi connectivity index (χ2n) is 7.51. The zero-order valence-corrected chi connectivity index (χ0v) is 18.4. The fourth-order valence-corrected chi connectivity index (χ4v) is 4.67. The van der Waals surface area contributed by atoms with E-state index in [4.69, 9.17) is 5.10 Å². The summed E-state index contributed by atoms with van der Waals surface area (Å²) in [7, 11) is 0. The molecular formula is C25H24N6S. The van der Waals surface area contributed by atoms with Gasteiger partial charge in [0.05, 0.1) is 24.8 Å². The summed E-state index contributed by atoms with van der Waals surface area (Å²) < 4.78 is 2.07. The maximum absolute atomic E-state index is 4.74. The smallest absolute Gasteiger partial charge is 0.177 e. The van der Waals surface area contributed by atoms with E-state index in [0.29, 0.717) is 13.1 Å². The zero-order valence-electron chi connectivity index (χ0n) is 17.6. The standard InChI is InChI=1S/C25H24N6S/c1-4-10-20(11-5-1)17-30-24(27-28-29-30)23-16-26-31(18-21-12-6-2-7-13-21)25(23)32-19-22-14-8-3-9-15-22/h1-16,28-29H,17-19H2. The molecule has 5 rings (SSSR count). The number of nitrogens with one attached hydrogen (secondary N) is 2. The number of aromatic nitrogens is 2. The van der Waals surface area contributed by atoms with Crippen molar-refractivity contribution in [2.75, 3.05) is 0 Å². The summed E-state index contributed by atoms with van der Waals surface area (Å²) in [6.45, 7) is 1.41. The van der Waals surface area contributed by atoms with Crippen LogP contribution in [-0.2, 0) is 18.8 Å². The predicted molar refractivity (Wildman–Crippen MR) is 129 cm³/mol. The monoisotopic (exact) mass is 440 g/mol. The first-order valence-corrected chi connectivity index (χ1v) is 11.5. The Morgan fingerprint density at radius 1 is 0.719 bits per heavy atom. The normalized spacial score (nSPS) is 13.1. The molecule has 0 aliphatic carbocycles. The number of hydrogen-bond acceptors (Lipinski definition) is 6. The number of nitrogens with zero attached hydrogens (tertiary/aromatic N) is 4. The quantitative estimate of drug-likeness (QED) is 0.398. The average molecular weight is 441 g/mol. The van der Waals surface area contributed by atoms with Gasteiger partial charge < -0.3 is 0 Å².